The normalized spacial score (nSPS) is 13.0. The summed E-state index contributed by atoms with van der Waals surface area (Å²) in [6.07, 6.45) is 0. The minimum absolute atomic E-state index is 0.291. The highest BCUT2D eigenvalue weighted by atomic mass is 15.2. The second kappa shape index (κ2) is 12.6. The van der Waals surface area contributed by atoms with Crippen LogP contribution in [0.15, 0.2) is 170 Å². The molecule has 0 saturated heterocycles. The fraction of sp³-hybridized carbons (Fsp3) is 0.0612. The predicted octanol–water partition coefficient (Wildman–Crippen LogP) is 12.0. The third-order valence-corrected chi connectivity index (χ3v) is 10.9. The summed E-state index contributed by atoms with van der Waals surface area (Å²) in [6, 6.07) is 60.8. The molecule has 1 aliphatic rings. The number of rotatable bonds is 5. The molecular formula is C49H34N6. The van der Waals surface area contributed by atoms with Crippen LogP contribution in [-0.2, 0) is 5.41 Å². The SMILES string of the molecule is CC1(C)c2ccccc2N(c2ccccc2)c2cc3c4ccccc4n(-c4ccc(-c5nc(-c6ccccc6)nc(-c6ccccc6)n5)cc4C#N)c3cc21. The van der Waals surface area contributed by atoms with Gasteiger partial charge in [-0.1, -0.05) is 129 Å². The van der Waals surface area contributed by atoms with E-state index in [4.69, 9.17) is 15.0 Å². The zero-order valence-corrected chi connectivity index (χ0v) is 30.3. The van der Waals surface area contributed by atoms with E-state index in [1.54, 1.807) is 0 Å². The van der Waals surface area contributed by atoms with Crippen LogP contribution < -0.4 is 4.90 Å². The average molecular weight is 707 g/mol. The molecule has 0 amide bonds. The first-order valence-electron chi connectivity index (χ1n) is 18.4. The molecule has 2 aromatic heterocycles. The quantitative estimate of drug-likeness (QED) is 0.178. The fourth-order valence-corrected chi connectivity index (χ4v) is 8.17. The molecule has 0 bridgehead atoms. The van der Waals surface area contributed by atoms with Crippen molar-refractivity contribution in [2.75, 3.05) is 4.90 Å². The van der Waals surface area contributed by atoms with Crippen molar-refractivity contribution in [2.24, 2.45) is 0 Å². The monoisotopic (exact) mass is 706 g/mol. The lowest BCUT2D eigenvalue weighted by Gasteiger charge is -2.42. The zero-order chi connectivity index (χ0) is 37.1. The van der Waals surface area contributed by atoms with Crippen molar-refractivity contribution in [1.29, 1.82) is 5.26 Å². The zero-order valence-electron chi connectivity index (χ0n) is 30.3. The van der Waals surface area contributed by atoms with Gasteiger partial charge in [0.25, 0.3) is 0 Å². The van der Waals surface area contributed by atoms with E-state index in [0.29, 0.717) is 23.0 Å². The van der Waals surface area contributed by atoms with E-state index >= 15 is 0 Å². The first-order valence-corrected chi connectivity index (χ1v) is 18.4. The number of fused-ring (bicyclic) bond motifs is 5. The molecule has 55 heavy (non-hydrogen) atoms. The van der Waals surface area contributed by atoms with Gasteiger partial charge in [-0.15, -0.1) is 0 Å². The summed E-state index contributed by atoms with van der Waals surface area (Å²) in [4.78, 5) is 17.1. The Kier molecular flexibility index (Phi) is 7.43. The van der Waals surface area contributed by atoms with Gasteiger partial charge in [0.05, 0.1) is 33.7 Å². The number of aromatic nitrogens is 4. The van der Waals surface area contributed by atoms with Crippen LogP contribution in [-0.4, -0.2) is 19.5 Å². The molecule has 0 spiro atoms. The maximum atomic E-state index is 10.8. The Labute approximate surface area is 319 Å². The van der Waals surface area contributed by atoms with E-state index in [-0.39, 0.29) is 5.41 Å². The Balaban J connectivity index is 1.19. The van der Waals surface area contributed by atoms with Crippen molar-refractivity contribution in [1.82, 2.24) is 19.5 Å². The smallest absolute Gasteiger partial charge is 0.164 e. The lowest BCUT2D eigenvalue weighted by atomic mass is 9.73. The number of anilines is 3. The van der Waals surface area contributed by atoms with Gasteiger partial charge in [-0.25, -0.2) is 15.0 Å². The topological polar surface area (TPSA) is 70.6 Å². The molecule has 260 valence electrons. The Bertz CT molecular complexity index is 2900. The molecule has 0 atom stereocenters. The molecule has 0 saturated carbocycles. The summed E-state index contributed by atoms with van der Waals surface area (Å²) < 4.78 is 2.24. The largest absolute Gasteiger partial charge is 0.310 e. The molecule has 7 aromatic carbocycles. The van der Waals surface area contributed by atoms with Gasteiger partial charge in [-0.2, -0.15) is 5.26 Å². The molecule has 0 fully saturated rings. The maximum absolute atomic E-state index is 10.8. The predicted molar refractivity (Wildman–Crippen MR) is 222 cm³/mol. The van der Waals surface area contributed by atoms with Gasteiger partial charge < -0.3 is 9.47 Å². The van der Waals surface area contributed by atoms with E-state index in [1.807, 2.05) is 78.9 Å². The summed E-state index contributed by atoms with van der Waals surface area (Å²) in [5.74, 6) is 1.66. The highest BCUT2D eigenvalue weighted by molar-refractivity contribution is 6.12. The van der Waals surface area contributed by atoms with E-state index in [0.717, 1.165) is 55.6 Å². The van der Waals surface area contributed by atoms with E-state index < -0.39 is 0 Å². The minimum atomic E-state index is -0.291. The number of hydrogen-bond acceptors (Lipinski definition) is 5. The number of hydrogen-bond donors (Lipinski definition) is 0. The maximum Gasteiger partial charge on any atom is 0.164 e. The Morgan fingerprint density at radius 3 is 1.73 bits per heavy atom. The summed E-state index contributed by atoms with van der Waals surface area (Å²) >= 11 is 0. The highest BCUT2D eigenvalue weighted by Gasteiger charge is 2.37. The molecule has 3 heterocycles. The molecule has 0 radical (unpaired) electrons. The number of nitriles is 1. The van der Waals surface area contributed by atoms with Crippen molar-refractivity contribution in [3.8, 4) is 45.9 Å². The van der Waals surface area contributed by atoms with Crippen LogP contribution >= 0.6 is 0 Å². The standard InChI is InChI=1S/C49H34N6/c1-49(2)39-23-13-15-25-43(39)54(36-20-10-5-11-21-36)45-29-38-37-22-12-14-24-42(37)55(44(38)30-40(45)49)41-27-26-34(28-35(41)31-50)48-52-46(32-16-6-3-7-17-32)51-47(53-48)33-18-8-4-9-19-33/h3-30H,1-2H3. The van der Waals surface area contributed by atoms with Gasteiger partial charge in [0.1, 0.15) is 6.07 Å². The lowest BCUT2D eigenvalue weighted by Crippen LogP contribution is -2.30. The van der Waals surface area contributed by atoms with Gasteiger partial charge >= 0.3 is 0 Å². The van der Waals surface area contributed by atoms with Crippen molar-refractivity contribution in [2.45, 2.75) is 19.3 Å². The average Bonchev–Trinajstić information content (AvgIpc) is 3.57. The van der Waals surface area contributed by atoms with E-state index in [1.165, 1.54) is 16.8 Å². The van der Waals surface area contributed by atoms with Crippen molar-refractivity contribution in [3.05, 3.63) is 187 Å². The van der Waals surface area contributed by atoms with Crippen LogP contribution in [0.25, 0.3) is 61.7 Å². The third kappa shape index (κ3) is 5.20. The summed E-state index contributed by atoms with van der Waals surface area (Å²) in [7, 11) is 0. The first-order chi connectivity index (χ1) is 27.0. The molecule has 1 aliphatic heterocycles. The molecule has 0 N–H and O–H groups in total. The van der Waals surface area contributed by atoms with E-state index in [2.05, 4.69) is 120 Å². The second-order valence-corrected chi connectivity index (χ2v) is 14.4. The van der Waals surface area contributed by atoms with Gasteiger partial charge in [0.15, 0.2) is 17.5 Å². The molecular weight excluding hydrogens is 673 g/mol. The second-order valence-electron chi connectivity index (χ2n) is 14.4. The Morgan fingerprint density at radius 1 is 0.473 bits per heavy atom. The molecule has 9 aromatic rings. The summed E-state index contributed by atoms with van der Waals surface area (Å²) in [5.41, 5.74) is 11.6. The minimum Gasteiger partial charge on any atom is -0.310 e. The fourth-order valence-electron chi connectivity index (χ4n) is 8.17. The number of para-hydroxylation sites is 3. The van der Waals surface area contributed by atoms with Crippen LogP contribution in [0.3, 0.4) is 0 Å². The first kappa shape index (κ1) is 32.3. The van der Waals surface area contributed by atoms with Gasteiger partial charge in [0.2, 0.25) is 0 Å². The van der Waals surface area contributed by atoms with Crippen LogP contribution in [0.2, 0.25) is 0 Å². The summed E-state index contributed by atoms with van der Waals surface area (Å²) in [5, 5.41) is 13.1. The Morgan fingerprint density at radius 2 is 1.05 bits per heavy atom. The van der Waals surface area contributed by atoms with E-state index in [9.17, 15) is 5.26 Å². The third-order valence-electron chi connectivity index (χ3n) is 10.9. The van der Waals surface area contributed by atoms with Gasteiger partial charge in [0, 0.05) is 38.6 Å². The van der Waals surface area contributed by atoms with Crippen LogP contribution in [0.4, 0.5) is 17.1 Å². The molecule has 6 nitrogen and oxygen atoms in total. The van der Waals surface area contributed by atoms with Crippen molar-refractivity contribution >= 4 is 38.9 Å². The van der Waals surface area contributed by atoms with Crippen LogP contribution in [0.5, 0.6) is 0 Å². The number of benzene rings is 7. The van der Waals surface area contributed by atoms with Crippen LogP contribution in [0, 0.1) is 11.3 Å². The molecule has 6 heteroatoms. The highest BCUT2D eigenvalue weighted by Crippen LogP contribution is 2.53. The van der Waals surface area contributed by atoms with Crippen LogP contribution in [0.1, 0.15) is 30.5 Å². The summed E-state index contributed by atoms with van der Waals surface area (Å²) in [6.45, 7) is 4.62. The molecule has 0 unspecified atom stereocenters. The van der Waals surface area contributed by atoms with Crippen molar-refractivity contribution in [3.63, 3.8) is 0 Å². The Hall–Kier alpha value is -7.36. The van der Waals surface area contributed by atoms with Gasteiger partial charge in [-0.05, 0) is 65.7 Å². The van der Waals surface area contributed by atoms with Gasteiger partial charge in [-0.3, -0.25) is 0 Å². The lowest BCUT2D eigenvalue weighted by molar-refractivity contribution is 0.632. The molecule has 0 aliphatic carbocycles. The number of nitrogens with zero attached hydrogens (tertiary/aromatic N) is 6. The molecule has 10 rings (SSSR count). The van der Waals surface area contributed by atoms with Crippen molar-refractivity contribution < 1.29 is 0 Å².